The normalized spacial score (nSPS) is 37.5. The van der Waals surface area contributed by atoms with Gasteiger partial charge in [-0.05, 0) is 73.8 Å². The largest absolute Gasteiger partial charge is 0.457 e. The van der Waals surface area contributed by atoms with E-state index in [1.165, 1.54) is 0 Å². The van der Waals surface area contributed by atoms with Gasteiger partial charge in [-0.1, -0.05) is 37.6 Å². The van der Waals surface area contributed by atoms with Crippen LogP contribution in [0.15, 0.2) is 48.1 Å². The van der Waals surface area contributed by atoms with E-state index in [0.29, 0.717) is 12.8 Å². The number of aliphatic hydroxyl groups excluding tert-OH is 1. The zero-order valence-corrected chi connectivity index (χ0v) is 22.8. The van der Waals surface area contributed by atoms with Gasteiger partial charge in [0, 0.05) is 36.5 Å². The summed E-state index contributed by atoms with van der Waals surface area (Å²) >= 11 is 0. The van der Waals surface area contributed by atoms with Gasteiger partial charge in [0.1, 0.15) is 5.60 Å². The number of anilines is 1. The summed E-state index contributed by atoms with van der Waals surface area (Å²) in [6.07, 6.45) is 7.44. The quantitative estimate of drug-likeness (QED) is 0.553. The number of benzene rings is 1. The van der Waals surface area contributed by atoms with Crippen molar-refractivity contribution in [2.75, 3.05) is 25.6 Å². The molecule has 0 bridgehead atoms. The second kappa shape index (κ2) is 9.45. The van der Waals surface area contributed by atoms with Crippen LogP contribution in [0.3, 0.4) is 0 Å². The third-order valence-electron chi connectivity index (χ3n) is 10.3. The molecule has 3 fully saturated rings. The number of carbonyl (C=O) groups is 3. The molecule has 2 N–H and O–H groups in total. The first kappa shape index (κ1) is 26.8. The summed E-state index contributed by atoms with van der Waals surface area (Å²) < 4.78 is 5.35. The average Bonchev–Trinajstić information content (AvgIpc) is 3.14. The average molecular weight is 522 g/mol. The smallest absolute Gasteiger partial charge is 0.310 e. The fraction of sp³-hybridized carbons (Fsp3) is 0.581. The lowest BCUT2D eigenvalue weighted by atomic mass is 9.46. The van der Waals surface area contributed by atoms with E-state index in [0.717, 1.165) is 29.7 Å². The van der Waals surface area contributed by atoms with Gasteiger partial charge < -0.3 is 19.8 Å². The van der Waals surface area contributed by atoms with Crippen LogP contribution in [0.1, 0.15) is 51.5 Å². The van der Waals surface area contributed by atoms with Crippen LogP contribution < -0.4 is 4.90 Å². The molecule has 0 amide bonds. The van der Waals surface area contributed by atoms with Crippen molar-refractivity contribution in [1.29, 1.82) is 0 Å². The first-order valence-electron chi connectivity index (χ1n) is 13.7. The molecule has 1 aromatic carbocycles. The minimum atomic E-state index is -1.66. The van der Waals surface area contributed by atoms with Crippen LogP contribution in [-0.4, -0.2) is 60.2 Å². The summed E-state index contributed by atoms with van der Waals surface area (Å²) in [6, 6.07) is 7.56. The molecule has 4 aliphatic carbocycles. The lowest BCUT2D eigenvalue weighted by Gasteiger charge is -2.59. The van der Waals surface area contributed by atoms with Gasteiger partial charge in [0.2, 0.25) is 5.78 Å². The fourth-order valence-corrected chi connectivity index (χ4v) is 8.18. The maximum Gasteiger partial charge on any atom is 0.310 e. The molecule has 38 heavy (non-hydrogen) atoms. The molecule has 5 rings (SSSR count). The Hall–Kier alpha value is -2.77. The number of hydrogen-bond donors (Lipinski definition) is 2. The number of ketones is 2. The van der Waals surface area contributed by atoms with E-state index in [2.05, 4.69) is 6.92 Å². The molecule has 7 nitrogen and oxygen atoms in total. The Balaban J connectivity index is 1.28. The number of ether oxygens (including phenoxy) is 1. The Labute approximate surface area is 224 Å². The maximum atomic E-state index is 13.4. The fourth-order valence-electron chi connectivity index (χ4n) is 8.18. The van der Waals surface area contributed by atoms with Crippen molar-refractivity contribution in [3.05, 3.63) is 53.6 Å². The first-order valence-corrected chi connectivity index (χ1v) is 13.7. The van der Waals surface area contributed by atoms with Gasteiger partial charge >= 0.3 is 5.97 Å². The van der Waals surface area contributed by atoms with Crippen LogP contribution in [0.5, 0.6) is 0 Å². The number of nitrogens with zero attached hydrogens (tertiary/aromatic N) is 1. The van der Waals surface area contributed by atoms with E-state index in [4.69, 9.17) is 4.74 Å². The molecule has 3 saturated carbocycles. The summed E-state index contributed by atoms with van der Waals surface area (Å²) in [5, 5.41) is 23.3. The van der Waals surface area contributed by atoms with Crippen LogP contribution in [0.4, 0.5) is 5.69 Å². The Kier molecular flexibility index (Phi) is 6.67. The van der Waals surface area contributed by atoms with E-state index in [1.54, 1.807) is 12.2 Å². The number of rotatable bonds is 6. The molecule has 7 heteroatoms. The maximum absolute atomic E-state index is 13.4. The standard InChI is InChI=1S/C31H39NO6/c1-29-13-11-22(33)16-20(29)7-10-23-24-12-14-31(37,30(24,2)17-25(34)28(23)29)26(35)18-38-27(36)15-19-5-8-21(9-6-19)32(3)4/h5-6,8-9,11,13,16,23-25,28,34,37H,7,10,12,14-15,17-18H2,1-4H3/t23?,24?,25-,28?,29?,30?,31-/m0/s1. The minimum Gasteiger partial charge on any atom is -0.457 e. The summed E-state index contributed by atoms with van der Waals surface area (Å²) in [7, 11) is 3.88. The Morgan fingerprint density at radius 1 is 1.13 bits per heavy atom. The van der Waals surface area contributed by atoms with Crippen molar-refractivity contribution < 1.29 is 29.3 Å². The van der Waals surface area contributed by atoms with Crippen molar-refractivity contribution >= 4 is 23.2 Å². The molecule has 204 valence electrons. The molecular formula is C31H39NO6. The van der Waals surface area contributed by atoms with E-state index >= 15 is 0 Å². The van der Waals surface area contributed by atoms with Crippen molar-refractivity contribution in [1.82, 2.24) is 0 Å². The van der Waals surface area contributed by atoms with E-state index in [1.807, 2.05) is 56.3 Å². The van der Waals surface area contributed by atoms with Gasteiger partial charge in [-0.3, -0.25) is 14.4 Å². The third-order valence-corrected chi connectivity index (χ3v) is 10.3. The van der Waals surface area contributed by atoms with Crippen LogP contribution in [0.2, 0.25) is 0 Å². The zero-order valence-electron chi connectivity index (χ0n) is 22.8. The van der Waals surface area contributed by atoms with Crippen LogP contribution >= 0.6 is 0 Å². The second-order valence-corrected chi connectivity index (χ2v) is 12.4. The van der Waals surface area contributed by atoms with Gasteiger partial charge in [0.05, 0.1) is 12.5 Å². The van der Waals surface area contributed by atoms with Crippen LogP contribution in [-0.2, 0) is 25.5 Å². The number of Topliss-reactive ketones (excluding diaryl/α,β-unsaturated/α-hetero) is 1. The number of fused-ring (bicyclic) bond motifs is 5. The monoisotopic (exact) mass is 521 g/mol. The highest BCUT2D eigenvalue weighted by Gasteiger charge is 2.68. The van der Waals surface area contributed by atoms with Crippen molar-refractivity contribution in [3.8, 4) is 0 Å². The Morgan fingerprint density at radius 3 is 2.53 bits per heavy atom. The molecule has 0 aromatic heterocycles. The number of carbonyl (C=O) groups excluding carboxylic acids is 3. The molecule has 7 atom stereocenters. The molecule has 0 radical (unpaired) electrons. The summed E-state index contributed by atoms with van der Waals surface area (Å²) in [5.41, 5.74) is 0.00742. The molecule has 0 saturated heterocycles. The summed E-state index contributed by atoms with van der Waals surface area (Å²) in [6.45, 7) is 3.54. The van der Waals surface area contributed by atoms with Crippen LogP contribution in [0.25, 0.3) is 0 Å². The lowest BCUT2D eigenvalue weighted by Crippen LogP contribution is -2.61. The molecule has 5 unspecified atom stereocenters. The van der Waals surface area contributed by atoms with E-state index in [9.17, 15) is 24.6 Å². The third kappa shape index (κ3) is 4.15. The first-order chi connectivity index (χ1) is 17.9. The lowest BCUT2D eigenvalue weighted by molar-refractivity contribution is -0.181. The van der Waals surface area contributed by atoms with Gasteiger partial charge in [0.25, 0.3) is 0 Å². The minimum absolute atomic E-state index is 0.00738. The topological polar surface area (TPSA) is 104 Å². The molecular weight excluding hydrogens is 482 g/mol. The SMILES string of the molecule is CN(C)c1ccc(CC(=O)OCC(=O)[C@@]2(O)CCC3C4CCC5=CC(=O)C=CC5(C)C4[C@@H](O)CC32C)cc1. The highest BCUT2D eigenvalue weighted by Crippen LogP contribution is 2.67. The molecule has 0 heterocycles. The van der Waals surface area contributed by atoms with E-state index < -0.39 is 40.9 Å². The van der Waals surface area contributed by atoms with Gasteiger partial charge in [0.15, 0.2) is 12.4 Å². The summed E-state index contributed by atoms with van der Waals surface area (Å²) in [4.78, 5) is 39.9. The predicted molar refractivity (Wildman–Crippen MR) is 143 cm³/mol. The molecule has 0 aliphatic heterocycles. The van der Waals surface area contributed by atoms with Crippen molar-refractivity contribution in [3.63, 3.8) is 0 Å². The van der Waals surface area contributed by atoms with Crippen molar-refractivity contribution in [2.45, 2.75) is 64.1 Å². The van der Waals surface area contributed by atoms with Gasteiger partial charge in [-0.25, -0.2) is 0 Å². The zero-order chi connectivity index (χ0) is 27.5. The molecule has 0 spiro atoms. The van der Waals surface area contributed by atoms with E-state index in [-0.39, 0.29) is 36.4 Å². The highest BCUT2D eigenvalue weighted by atomic mass is 16.5. The van der Waals surface area contributed by atoms with Crippen LogP contribution in [0, 0.1) is 28.6 Å². The Bertz CT molecular complexity index is 1200. The number of aliphatic hydroxyl groups is 2. The van der Waals surface area contributed by atoms with Gasteiger partial charge in [-0.2, -0.15) is 0 Å². The summed E-state index contributed by atoms with van der Waals surface area (Å²) in [5.74, 6) is -0.902. The predicted octanol–water partition coefficient (Wildman–Crippen LogP) is 3.42. The number of hydrogen-bond acceptors (Lipinski definition) is 7. The van der Waals surface area contributed by atoms with Crippen molar-refractivity contribution in [2.24, 2.45) is 28.6 Å². The van der Waals surface area contributed by atoms with Gasteiger partial charge in [-0.15, -0.1) is 0 Å². The Morgan fingerprint density at radius 2 is 1.84 bits per heavy atom. The molecule has 4 aliphatic rings. The highest BCUT2D eigenvalue weighted by molar-refractivity contribution is 6.01. The number of esters is 1. The molecule has 1 aromatic rings. The second-order valence-electron chi connectivity index (χ2n) is 12.4. The number of allylic oxidation sites excluding steroid dienone is 4.